The van der Waals surface area contributed by atoms with Gasteiger partial charge in [0.05, 0.1) is 13.0 Å². The minimum Gasteiger partial charge on any atom is -0.465 e. The highest BCUT2D eigenvalue weighted by Gasteiger charge is 2.58. The Balaban J connectivity index is 1.63. The first-order valence-corrected chi connectivity index (χ1v) is 12.9. The van der Waals surface area contributed by atoms with E-state index < -0.39 is 45.4 Å². The smallest absolute Gasteiger partial charge is 0.327 e. The van der Waals surface area contributed by atoms with Crippen molar-refractivity contribution in [3.63, 3.8) is 0 Å². The number of hydrogen-bond donors (Lipinski definition) is 1. The zero-order valence-corrected chi connectivity index (χ0v) is 19.8. The van der Waals surface area contributed by atoms with Crippen molar-refractivity contribution < 1.29 is 41.6 Å². The van der Waals surface area contributed by atoms with Gasteiger partial charge >= 0.3 is 17.9 Å². The fraction of sp³-hybridized carbons (Fsp3) is 0.864. The number of ether oxygens (including phenoxy) is 3. The first-order valence-electron chi connectivity index (χ1n) is 11.4. The van der Waals surface area contributed by atoms with E-state index in [0.29, 0.717) is 18.8 Å². The Morgan fingerprint density at radius 3 is 2.28 bits per heavy atom. The Labute approximate surface area is 189 Å². The summed E-state index contributed by atoms with van der Waals surface area (Å²) in [6, 6.07) is 0. The summed E-state index contributed by atoms with van der Waals surface area (Å²) >= 11 is 0. The van der Waals surface area contributed by atoms with Gasteiger partial charge in [0.2, 0.25) is 0 Å². The first kappa shape index (κ1) is 25.0. The van der Waals surface area contributed by atoms with Crippen LogP contribution in [0.4, 0.5) is 0 Å². The summed E-state index contributed by atoms with van der Waals surface area (Å²) in [5.41, 5.74) is -0.535. The van der Waals surface area contributed by atoms with Gasteiger partial charge in [0.15, 0.2) is 5.25 Å². The van der Waals surface area contributed by atoms with Crippen molar-refractivity contribution in [2.75, 3.05) is 6.61 Å². The van der Waals surface area contributed by atoms with Crippen molar-refractivity contribution >= 4 is 28.0 Å². The van der Waals surface area contributed by atoms with Crippen LogP contribution >= 0.6 is 0 Å². The molecule has 4 bridgehead atoms. The number of rotatable bonds is 10. The average Bonchev–Trinajstić information content (AvgIpc) is 2.65. The van der Waals surface area contributed by atoms with Crippen LogP contribution in [-0.2, 0) is 38.7 Å². The van der Waals surface area contributed by atoms with Crippen LogP contribution in [0.15, 0.2) is 0 Å². The van der Waals surface area contributed by atoms with E-state index in [1.165, 1.54) is 6.92 Å². The van der Waals surface area contributed by atoms with Crippen molar-refractivity contribution in [1.29, 1.82) is 0 Å². The molecule has 0 aromatic rings. The lowest BCUT2D eigenvalue weighted by Gasteiger charge is -2.58. The van der Waals surface area contributed by atoms with Crippen LogP contribution in [0.25, 0.3) is 0 Å². The highest BCUT2D eigenvalue weighted by molar-refractivity contribution is 7.87. The predicted octanol–water partition coefficient (Wildman–Crippen LogP) is 2.67. The Hall–Kier alpha value is -1.68. The lowest BCUT2D eigenvalue weighted by Crippen LogP contribution is -2.59. The van der Waals surface area contributed by atoms with Crippen molar-refractivity contribution in [2.45, 2.75) is 89.1 Å². The van der Waals surface area contributed by atoms with E-state index in [0.717, 1.165) is 32.1 Å². The summed E-state index contributed by atoms with van der Waals surface area (Å²) in [5, 5.41) is -2.02. The van der Waals surface area contributed by atoms with Gasteiger partial charge in [-0.2, -0.15) is 8.42 Å². The molecule has 9 nitrogen and oxygen atoms in total. The Kier molecular flexibility index (Phi) is 7.54. The molecular formula is C22H34O9S. The molecule has 0 radical (unpaired) electrons. The van der Waals surface area contributed by atoms with E-state index in [-0.39, 0.29) is 30.3 Å². The maximum absolute atomic E-state index is 12.8. The minimum atomic E-state index is -4.86. The van der Waals surface area contributed by atoms with E-state index in [2.05, 4.69) is 0 Å². The molecule has 182 valence electrons. The highest BCUT2D eigenvalue weighted by Crippen LogP contribution is 2.58. The molecule has 32 heavy (non-hydrogen) atoms. The van der Waals surface area contributed by atoms with Crippen LogP contribution in [0.1, 0.15) is 72.1 Å². The summed E-state index contributed by atoms with van der Waals surface area (Å²) in [4.78, 5) is 36.5. The largest absolute Gasteiger partial charge is 0.465 e. The van der Waals surface area contributed by atoms with Gasteiger partial charge in [-0.3, -0.25) is 18.9 Å². The molecule has 4 unspecified atom stereocenters. The summed E-state index contributed by atoms with van der Waals surface area (Å²) in [6.45, 7) is 5.41. The van der Waals surface area contributed by atoms with E-state index >= 15 is 0 Å². The molecule has 0 spiro atoms. The van der Waals surface area contributed by atoms with Crippen LogP contribution in [0.5, 0.6) is 0 Å². The normalized spacial score (nSPS) is 32.8. The van der Waals surface area contributed by atoms with Crippen LogP contribution < -0.4 is 0 Å². The van der Waals surface area contributed by atoms with Gasteiger partial charge < -0.3 is 14.2 Å². The quantitative estimate of drug-likeness (QED) is 0.288. The molecule has 0 aromatic heterocycles. The molecule has 0 heterocycles. The molecule has 0 saturated heterocycles. The molecule has 10 heteroatoms. The Morgan fingerprint density at radius 2 is 1.75 bits per heavy atom. The SMILES string of the molecule is CCCC(C)COC(=O)CC(C(=O)OC1C2CC3CC1CC(OC(C)=O)(C3)C2)S(=O)(=O)O. The molecule has 1 N–H and O–H groups in total. The average molecular weight is 475 g/mol. The summed E-state index contributed by atoms with van der Waals surface area (Å²) in [6.07, 6.45) is 3.99. The summed E-state index contributed by atoms with van der Waals surface area (Å²) < 4.78 is 49.6. The maximum Gasteiger partial charge on any atom is 0.327 e. The van der Waals surface area contributed by atoms with Gasteiger partial charge in [-0.25, -0.2) is 0 Å². The van der Waals surface area contributed by atoms with E-state index in [9.17, 15) is 27.4 Å². The molecule has 4 rings (SSSR count). The molecule has 4 saturated carbocycles. The molecule has 4 aliphatic rings. The fourth-order valence-corrected chi connectivity index (χ4v) is 6.71. The molecule has 0 aromatic carbocycles. The monoisotopic (exact) mass is 474 g/mol. The van der Waals surface area contributed by atoms with Gasteiger partial charge in [-0.05, 0) is 50.4 Å². The summed E-state index contributed by atoms with van der Waals surface area (Å²) in [7, 11) is -4.86. The molecular weight excluding hydrogens is 440 g/mol. The molecule has 4 atom stereocenters. The van der Waals surface area contributed by atoms with Gasteiger partial charge in [0, 0.05) is 18.8 Å². The first-order chi connectivity index (χ1) is 14.9. The van der Waals surface area contributed by atoms with Gasteiger partial charge in [0.1, 0.15) is 11.7 Å². The minimum absolute atomic E-state index is 0.0477. The summed E-state index contributed by atoms with van der Waals surface area (Å²) in [5.74, 6) is -1.95. The van der Waals surface area contributed by atoms with Crippen LogP contribution in [0, 0.1) is 23.7 Å². The van der Waals surface area contributed by atoms with Crippen molar-refractivity contribution in [3.8, 4) is 0 Å². The lowest BCUT2D eigenvalue weighted by atomic mass is 9.53. The van der Waals surface area contributed by atoms with Gasteiger partial charge in [-0.1, -0.05) is 20.3 Å². The third kappa shape index (κ3) is 5.81. The standard InChI is InChI=1S/C22H34O9S/c1-4-5-13(2)12-29-19(24)8-18(32(26,27)28)21(25)30-20-16-6-15-7-17(20)11-22(9-15,10-16)31-14(3)23/h13,15-18,20H,4-12H2,1-3H3,(H,26,27,28). The van der Waals surface area contributed by atoms with Crippen LogP contribution in [0.3, 0.4) is 0 Å². The molecule has 4 fully saturated rings. The van der Waals surface area contributed by atoms with Gasteiger partial charge in [0.25, 0.3) is 10.1 Å². The fourth-order valence-electron chi connectivity index (χ4n) is 6.07. The van der Waals surface area contributed by atoms with Crippen molar-refractivity contribution in [2.24, 2.45) is 23.7 Å². The van der Waals surface area contributed by atoms with Gasteiger partial charge in [-0.15, -0.1) is 0 Å². The molecule has 0 amide bonds. The molecule has 0 aliphatic heterocycles. The lowest BCUT2D eigenvalue weighted by molar-refractivity contribution is -0.214. The third-order valence-corrected chi connectivity index (χ3v) is 8.11. The number of hydrogen-bond acceptors (Lipinski definition) is 8. The zero-order valence-electron chi connectivity index (χ0n) is 18.9. The topological polar surface area (TPSA) is 133 Å². The van der Waals surface area contributed by atoms with E-state index in [4.69, 9.17) is 14.2 Å². The number of carbonyl (C=O) groups is 3. The van der Waals surface area contributed by atoms with E-state index in [1.54, 1.807) is 0 Å². The predicted molar refractivity (Wildman–Crippen MR) is 113 cm³/mol. The zero-order chi connectivity index (χ0) is 23.7. The van der Waals surface area contributed by atoms with Crippen LogP contribution in [0.2, 0.25) is 0 Å². The Morgan fingerprint density at radius 1 is 1.12 bits per heavy atom. The highest BCUT2D eigenvalue weighted by atomic mass is 32.2. The van der Waals surface area contributed by atoms with Crippen molar-refractivity contribution in [1.82, 2.24) is 0 Å². The van der Waals surface area contributed by atoms with E-state index in [1.807, 2.05) is 13.8 Å². The number of esters is 3. The van der Waals surface area contributed by atoms with Crippen LogP contribution in [-0.4, -0.2) is 54.4 Å². The second-order valence-corrected chi connectivity index (χ2v) is 11.5. The number of carbonyl (C=O) groups excluding carboxylic acids is 3. The Bertz CT molecular complexity index is 820. The maximum atomic E-state index is 12.8. The van der Waals surface area contributed by atoms with Crippen molar-refractivity contribution in [3.05, 3.63) is 0 Å². The molecule has 4 aliphatic carbocycles. The third-order valence-electron chi connectivity index (χ3n) is 7.03. The second kappa shape index (κ2) is 9.67. The second-order valence-electron chi connectivity index (χ2n) is 9.93.